The highest BCUT2D eigenvalue weighted by atomic mass is 35.5. The molecule has 0 saturated heterocycles. The van der Waals surface area contributed by atoms with Crippen LogP contribution < -0.4 is 20.1 Å². The molecule has 0 fully saturated rings. The van der Waals surface area contributed by atoms with Gasteiger partial charge in [-0.15, -0.1) is 5.10 Å². The number of allylic oxidation sites excluding steroid dienone is 1. The van der Waals surface area contributed by atoms with Crippen molar-refractivity contribution in [2.24, 2.45) is 0 Å². The molecular weight excluding hydrogens is 478 g/mol. The van der Waals surface area contributed by atoms with Crippen molar-refractivity contribution < 1.29 is 14.3 Å². The Kier molecular flexibility index (Phi) is 6.35. The zero-order valence-corrected chi connectivity index (χ0v) is 20.7. The second kappa shape index (κ2) is 9.75. The van der Waals surface area contributed by atoms with Gasteiger partial charge in [0.25, 0.3) is 5.91 Å². The first-order chi connectivity index (χ1) is 17.5. The Bertz CT molecular complexity index is 1470. The predicted molar refractivity (Wildman–Crippen MR) is 140 cm³/mol. The number of methoxy groups -OCH3 is 2. The highest BCUT2D eigenvalue weighted by molar-refractivity contribution is 6.30. The molecule has 0 radical (unpaired) electrons. The van der Waals surface area contributed by atoms with Gasteiger partial charge in [0.15, 0.2) is 17.3 Å². The van der Waals surface area contributed by atoms with Crippen molar-refractivity contribution in [3.8, 4) is 22.9 Å². The standard InChI is InChI=1S/C27H24ClN5O3/c1-16-22(26(34)30-19-11-5-4-6-12-19)23(20-13-8-14-21(35-2)24(20)36-3)33-27(29-16)31-25(32-33)17-9-7-10-18(28)15-17/h4-15,23H,1-3H3,(H,30,34)(H,29,31,32). The maximum Gasteiger partial charge on any atom is 0.255 e. The monoisotopic (exact) mass is 501 g/mol. The van der Waals surface area contributed by atoms with Gasteiger partial charge in [0, 0.05) is 27.5 Å². The quantitative estimate of drug-likeness (QED) is 0.360. The summed E-state index contributed by atoms with van der Waals surface area (Å²) in [5.41, 5.74) is 3.27. The number of hydrogen-bond donors (Lipinski definition) is 2. The fourth-order valence-corrected chi connectivity index (χ4v) is 4.52. The third kappa shape index (κ3) is 4.27. The third-order valence-electron chi connectivity index (χ3n) is 5.94. The fourth-order valence-electron chi connectivity index (χ4n) is 4.33. The second-order valence-corrected chi connectivity index (χ2v) is 8.62. The maximum absolute atomic E-state index is 13.7. The van der Waals surface area contributed by atoms with Gasteiger partial charge >= 0.3 is 0 Å². The van der Waals surface area contributed by atoms with E-state index in [-0.39, 0.29) is 5.91 Å². The van der Waals surface area contributed by atoms with Crippen LogP contribution in [0.4, 0.5) is 11.6 Å². The Hall–Kier alpha value is -4.30. The van der Waals surface area contributed by atoms with Crippen LogP contribution in [0.1, 0.15) is 18.5 Å². The van der Waals surface area contributed by atoms with E-state index in [1.807, 2.05) is 67.6 Å². The van der Waals surface area contributed by atoms with Crippen LogP contribution in [0.25, 0.3) is 11.4 Å². The van der Waals surface area contributed by atoms with Crippen LogP contribution in [-0.2, 0) is 4.79 Å². The van der Waals surface area contributed by atoms with Crippen LogP contribution in [0, 0.1) is 0 Å². The number of carbonyl (C=O) groups excluding carboxylic acids is 1. The van der Waals surface area contributed by atoms with Gasteiger partial charge in [0.05, 0.1) is 19.8 Å². The summed E-state index contributed by atoms with van der Waals surface area (Å²) in [7, 11) is 3.15. The summed E-state index contributed by atoms with van der Waals surface area (Å²) in [6, 6.07) is 21.5. The van der Waals surface area contributed by atoms with Gasteiger partial charge in [-0.2, -0.15) is 4.98 Å². The summed E-state index contributed by atoms with van der Waals surface area (Å²) in [5.74, 6) is 1.76. The molecule has 1 aliphatic rings. The number of fused-ring (bicyclic) bond motifs is 1. The van der Waals surface area contributed by atoms with Crippen LogP contribution in [-0.4, -0.2) is 34.9 Å². The van der Waals surface area contributed by atoms with Gasteiger partial charge in [-0.3, -0.25) is 4.79 Å². The first-order valence-corrected chi connectivity index (χ1v) is 11.7. The van der Waals surface area contributed by atoms with Crippen molar-refractivity contribution in [1.82, 2.24) is 14.8 Å². The van der Waals surface area contributed by atoms with Crippen LogP contribution in [0.2, 0.25) is 5.02 Å². The van der Waals surface area contributed by atoms with Gasteiger partial charge in [-0.1, -0.05) is 54.1 Å². The summed E-state index contributed by atoms with van der Waals surface area (Å²) >= 11 is 6.21. The topological polar surface area (TPSA) is 90.3 Å². The summed E-state index contributed by atoms with van der Waals surface area (Å²) in [6.45, 7) is 1.84. The summed E-state index contributed by atoms with van der Waals surface area (Å²) in [4.78, 5) is 18.4. The molecule has 3 aromatic carbocycles. The lowest BCUT2D eigenvalue weighted by Gasteiger charge is -2.30. The minimum absolute atomic E-state index is 0.272. The molecular formula is C27H24ClN5O3. The zero-order valence-electron chi connectivity index (χ0n) is 19.9. The SMILES string of the molecule is COc1cccc(C2C(C(=O)Nc3ccccc3)=C(C)Nc3nc(-c4cccc(Cl)c4)nn32)c1OC. The lowest BCUT2D eigenvalue weighted by molar-refractivity contribution is -0.113. The van der Waals surface area contributed by atoms with E-state index in [1.165, 1.54) is 0 Å². The van der Waals surface area contributed by atoms with E-state index in [0.717, 1.165) is 5.56 Å². The van der Waals surface area contributed by atoms with Crippen LogP contribution in [0.3, 0.4) is 0 Å². The van der Waals surface area contributed by atoms with E-state index in [0.29, 0.717) is 50.8 Å². The Morgan fingerprint density at radius 1 is 1.03 bits per heavy atom. The van der Waals surface area contributed by atoms with E-state index in [4.69, 9.17) is 31.2 Å². The molecule has 5 rings (SSSR count). The highest BCUT2D eigenvalue weighted by Crippen LogP contribution is 2.43. The van der Waals surface area contributed by atoms with E-state index in [1.54, 1.807) is 31.0 Å². The van der Waals surface area contributed by atoms with Crippen LogP contribution >= 0.6 is 11.6 Å². The van der Waals surface area contributed by atoms with Gasteiger partial charge in [0.2, 0.25) is 5.95 Å². The summed E-state index contributed by atoms with van der Waals surface area (Å²) in [5, 5.41) is 11.6. The fraction of sp³-hybridized carbons (Fsp3) is 0.148. The van der Waals surface area contributed by atoms with Gasteiger partial charge in [0.1, 0.15) is 6.04 Å². The first-order valence-electron chi connectivity index (χ1n) is 11.3. The van der Waals surface area contributed by atoms with Crippen molar-refractivity contribution in [2.75, 3.05) is 24.9 Å². The Labute approximate surface area is 213 Å². The Morgan fingerprint density at radius 2 is 1.81 bits per heavy atom. The number of benzene rings is 3. The number of hydrogen-bond acceptors (Lipinski definition) is 6. The molecule has 2 N–H and O–H groups in total. The maximum atomic E-state index is 13.7. The first kappa shape index (κ1) is 23.4. The lowest BCUT2D eigenvalue weighted by atomic mass is 9.94. The van der Waals surface area contributed by atoms with Crippen molar-refractivity contribution in [3.63, 3.8) is 0 Å². The molecule has 0 bridgehead atoms. The number of ether oxygens (including phenoxy) is 2. The van der Waals surface area contributed by atoms with Crippen LogP contribution in [0.15, 0.2) is 84.1 Å². The van der Waals surface area contributed by atoms with E-state index in [2.05, 4.69) is 10.6 Å². The molecule has 9 heteroatoms. The van der Waals surface area contributed by atoms with Crippen molar-refractivity contribution in [2.45, 2.75) is 13.0 Å². The molecule has 0 spiro atoms. The van der Waals surface area contributed by atoms with Gasteiger partial charge in [-0.25, -0.2) is 4.68 Å². The predicted octanol–water partition coefficient (Wildman–Crippen LogP) is 5.54. The Balaban J connectivity index is 1.67. The normalized spacial score (nSPS) is 14.6. The molecule has 1 atom stereocenters. The molecule has 1 unspecified atom stereocenters. The minimum atomic E-state index is -0.643. The molecule has 4 aromatic rings. The molecule has 2 heterocycles. The van der Waals surface area contributed by atoms with Crippen molar-refractivity contribution in [1.29, 1.82) is 0 Å². The molecule has 36 heavy (non-hydrogen) atoms. The molecule has 0 saturated carbocycles. The number of aromatic nitrogens is 3. The largest absolute Gasteiger partial charge is 0.493 e. The average Bonchev–Trinajstić information content (AvgIpc) is 3.31. The number of nitrogens with zero attached hydrogens (tertiary/aromatic N) is 3. The van der Waals surface area contributed by atoms with E-state index >= 15 is 0 Å². The average molecular weight is 502 g/mol. The molecule has 1 amide bonds. The van der Waals surface area contributed by atoms with E-state index in [9.17, 15) is 4.79 Å². The lowest BCUT2D eigenvalue weighted by Crippen LogP contribution is -2.31. The smallest absolute Gasteiger partial charge is 0.255 e. The Morgan fingerprint density at radius 3 is 2.53 bits per heavy atom. The summed E-state index contributed by atoms with van der Waals surface area (Å²) < 4.78 is 13.0. The number of nitrogens with one attached hydrogen (secondary N) is 2. The number of anilines is 2. The van der Waals surface area contributed by atoms with E-state index < -0.39 is 6.04 Å². The van der Waals surface area contributed by atoms with Crippen molar-refractivity contribution >= 4 is 29.1 Å². The van der Waals surface area contributed by atoms with Crippen molar-refractivity contribution in [3.05, 3.63) is 94.7 Å². The second-order valence-electron chi connectivity index (χ2n) is 8.18. The minimum Gasteiger partial charge on any atom is -0.493 e. The molecule has 182 valence electrons. The summed E-state index contributed by atoms with van der Waals surface area (Å²) in [6.07, 6.45) is 0. The number of para-hydroxylation sites is 2. The molecule has 1 aliphatic heterocycles. The molecule has 1 aromatic heterocycles. The number of carbonyl (C=O) groups is 1. The molecule has 8 nitrogen and oxygen atoms in total. The van der Waals surface area contributed by atoms with Crippen LogP contribution in [0.5, 0.6) is 11.5 Å². The molecule has 0 aliphatic carbocycles. The van der Waals surface area contributed by atoms with Gasteiger partial charge < -0.3 is 20.1 Å². The number of amides is 1. The number of rotatable bonds is 6. The zero-order chi connectivity index (χ0) is 25.2. The van der Waals surface area contributed by atoms with Gasteiger partial charge in [-0.05, 0) is 37.3 Å². The highest BCUT2D eigenvalue weighted by Gasteiger charge is 2.36. The third-order valence-corrected chi connectivity index (χ3v) is 6.17. The number of halogens is 1.